The number of pyridine rings is 1. The molecule has 142 valence electrons. The number of hydrogen-bond donors (Lipinski definition) is 0. The first-order chi connectivity index (χ1) is 12.9. The lowest BCUT2D eigenvalue weighted by molar-refractivity contribution is -0.0763. The van der Waals surface area contributed by atoms with E-state index in [4.69, 9.17) is 14.1 Å². The highest BCUT2D eigenvalue weighted by Gasteiger charge is 2.32. The van der Waals surface area contributed by atoms with Gasteiger partial charge in [-0.25, -0.2) is 9.67 Å². The van der Waals surface area contributed by atoms with Crippen molar-refractivity contribution in [1.29, 1.82) is 0 Å². The Labute approximate surface area is 157 Å². The molecule has 1 aliphatic rings. The first kappa shape index (κ1) is 17.7. The molecule has 0 radical (unpaired) electrons. The SMILES string of the molecule is CC(C)n1ncc2c(C(=O)N3CCOC(C)(C)C3)cc(-c3ccco3)nc21. The smallest absolute Gasteiger partial charge is 0.254 e. The molecule has 0 aliphatic carbocycles. The zero-order chi connectivity index (χ0) is 19.2. The van der Waals surface area contributed by atoms with Crippen LogP contribution in [0.3, 0.4) is 0 Å². The van der Waals surface area contributed by atoms with Crippen molar-refractivity contribution in [3.63, 3.8) is 0 Å². The summed E-state index contributed by atoms with van der Waals surface area (Å²) in [4.78, 5) is 19.9. The molecule has 7 heteroatoms. The molecule has 7 nitrogen and oxygen atoms in total. The van der Waals surface area contributed by atoms with E-state index in [9.17, 15) is 4.79 Å². The topological polar surface area (TPSA) is 73.4 Å². The Bertz CT molecular complexity index is 973. The summed E-state index contributed by atoms with van der Waals surface area (Å²) in [6.45, 7) is 9.73. The predicted octanol–water partition coefficient (Wildman–Crippen LogP) is 3.52. The Morgan fingerprint density at radius 1 is 1.33 bits per heavy atom. The van der Waals surface area contributed by atoms with Crippen molar-refractivity contribution in [1.82, 2.24) is 19.7 Å². The Morgan fingerprint density at radius 2 is 2.15 bits per heavy atom. The van der Waals surface area contributed by atoms with Crippen molar-refractivity contribution in [2.75, 3.05) is 19.7 Å². The van der Waals surface area contributed by atoms with E-state index in [-0.39, 0.29) is 17.6 Å². The maximum atomic E-state index is 13.4. The number of aromatic nitrogens is 3. The van der Waals surface area contributed by atoms with Crippen LogP contribution in [0.2, 0.25) is 0 Å². The number of carbonyl (C=O) groups excluding carboxylic acids is 1. The summed E-state index contributed by atoms with van der Waals surface area (Å²) < 4.78 is 13.1. The van der Waals surface area contributed by atoms with E-state index < -0.39 is 0 Å². The number of ether oxygens (including phenoxy) is 1. The number of nitrogens with zero attached hydrogens (tertiary/aromatic N) is 4. The average molecular weight is 368 g/mol. The average Bonchev–Trinajstić information content (AvgIpc) is 3.28. The molecule has 1 aliphatic heterocycles. The second kappa shape index (κ2) is 6.49. The van der Waals surface area contributed by atoms with Crippen LogP contribution in [-0.2, 0) is 4.74 Å². The predicted molar refractivity (Wildman–Crippen MR) is 102 cm³/mol. The van der Waals surface area contributed by atoms with Crippen LogP contribution in [0.5, 0.6) is 0 Å². The second-order valence-electron chi connectivity index (χ2n) is 7.79. The third-order valence-corrected chi connectivity index (χ3v) is 4.77. The van der Waals surface area contributed by atoms with Crippen molar-refractivity contribution >= 4 is 16.9 Å². The van der Waals surface area contributed by atoms with E-state index in [0.29, 0.717) is 42.4 Å². The molecule has 3 aromatic heterocycles. The zero-order valence-electron chi connectivity index (χ0n) is 16.1. The van der Waals surface area contributed by atoms with Crippen LogP contribution in [0.15, 0.2) is 35.1 Å². The van der Waals surface area contributed by atoms with Gasteiger partial charge in [-0.3, -0.25) is 4.79 Å². The van der Waals surface area contributed by atoms with E-state index in [1.807, 2.05) is 49.4 Å². The maximum Gasteiger partial charge on any atom is 0.254 e. The first-order valence-electron chi connectivity index (χ1n) is 9.21. The molecule has 4 heterocycles. The summed E-state index contributed by atoms with van der Waals surface area (Å²) in [6.07, 6.45) is 3.33. The van der Waals surface area contributed by atoms with Crippen molar-refractivity contribution in [2.24, 2.45) is 0 Å². The summed E-state index contributed by atoms with van der Waals surface area (Å²) in [5.41, 5.74) is 1.56. The highest BCUT2D eigenvalue weighted by Crippen LogP contribution is 2.28. The highest BCUT2D eigenvalue weighted by molar-refractivity contribution is 6.06. The fourth-order valence-corrected chi connectivity index (χ4v) is 3.48. The molecule has 1 saturated heterocycles. The molecule has 0 atom stereocenters. The summed E-state index contributed by atoms with van der Waals surface area (Å²) >= 11 is 0. The summed E-state index contributed by atoms with van der Waals surface area (Å²) in [6, 6.07) is 5.59. The largest absolute Gasteiger partial charge is 0.463 e. The highest BCUT2D eigenvalue weighted by atomic mass is 16.5. The lowest BCUT2D eigenvalue weighted by Gasteiger charge is -2.38. The van der Waals surface area contributed by atoms with Gasteiger partial charge in [-0.1, -0.05) is 0 Å². The number of amides is 1. The Hall–Kier alpha value is -2.67. The van der Waals surface area contributed by atoms with Crippen LogP contribution in [-0.4, -0.2) is 50.9 Å². The van der Waals surface area contributed by atoms with Gasteiger partial charge >= 0.3 is 0 Å². The summed E-state index contributed by atoms with van der Waals surface area (Å²) in [5, 5.41) is 5.22. The zero-order valence-corrected chi connectivity index (χ0v) is 16.1. The number of fused-ring (bicyclic) bond motifs is 1. The standard InChI is InChI=1S/C20H24N4O3/c1-13(2)24-18-15(11-21-24)14(10-16(22-18)17-6-5-8-26-17)19(25)23-7-9-27-20(3,4)12-23/h5-6,8,10-11,13H,7,9,12H2,1-4H3. The Kier molecular flexibility index (Phi) is 4.26. The molecule has 1 fully saturated rings. The molecule has 1 amide bonds. The van der Waals surface area contributed by atoms with Gasteiger partial charge < -0.3 is 14.1 Å². The van der Waals surface area contributed by atoms with Gasteiger partial charge in [-0.05, 0) is 45.9 Å². The molecule has 0 aromatic carbocycles. The van der Waals surface area contributed by atoms with E-state index in [0.717, 1.165) is 5.39 Å². The molecule has 3 aromatic rings. The number of hydrogen-bond acceptors (Lipinski definition) is 5. The van der Waals surface area contributed by atoms with Gasteiger partial charge in [-0.2, -0.15) is 5.10 Å². The van der Waals surface area contributed by atoms with Crippen molar-refractivity contribution in [2.45, 2.75) is 39.3 Å². The van der Waals surface area contributed by atoms with Gasteiger partial charge in [0, 0.05) is 19.1 Å². The van der Waals surface area contributed by atoms with Crippen LogP contribution in [0.4, 0.5) is 0 Å². The molecule has 4 rings (SSSR count). The molecular weight excluding hydrogens is 344 g/mol. The third-order valence-electron chi connectivity index (χ3n) is 4.77. The molecule has 0 N–H and O–H groups in total. The lowest BCUT2D eigenvalue weighted by Crippen LogP contribution is -2.50. The van der Waals surface area contributed by atoms with Crippen LogP contribution in [0.1, 0.15) is 44.1 Å². The van der Waals surface area contributed by atoms with E-state index in [2.05, 4.69) is 5.10 Å². The van der Waals surface area contributed by atoms with E-state index in [1.54, 1.807) is 18.5 Å². The molecular formula is C20H24N4O3. The molecule has 0 bridgehead atoms. The summed E-state index contributed by atoms with van der Waals surface area (Å²) in [5.74, 6) is 0.597. The lowest BCUT2D eigenvalue weighted by atomic mass is 10.0. The van der Waals surface area contributed by atoms with Crippen molar-refractivity contribution in [3.05, 3.63) is 36.2 Å². The number of furan rings is 1. The van der Waals surface area contributed by atoms with Crippen LogP contribution in [0, 0.1) is 0 Å². The van der Waals surface area contributed by atoms with E-state index >= 15 is 0 Å². The first-order valence-corrected chi connectivity index (χ1v) is 9.21. The van der Waals surface area contributed by atoms with Crippen molar-refractivity contribution in [3.8, 4) is 11.5 Å². The van der Waals surface area contributed by atoms with Gasteiger partial charge in [0.15, 0.2) is 11.4 Å². The normalized spacial score (nSPS) is 17.0. The maximum absolute atomic E-state index is 13.4. The second-order valence-corrected chi connectivity index (χ2v) is 7.79. The Morgan fingerprint density at radius 3 is 2.81 bits per heavy atom. The minimum Gasteiger partial charge on any atom is -0.463 e. The monoisotopic (exact) mass is 368 g/mol. The fraction of sp³-hybridized carbons (Fsp3) is 0.450. The summed E-state index contributed by atoms with van der Waals surface area (Å²) in [7, 11) is 0. The van der Waals surface area contributed by atoms with Crippen LogP contribution < -0.4 is 0 Å². The molecule has 0 spiro atoms. The number of carbonyl (C=O) groups is 1. The Balaban J connectivity index is 1.84. The quantitative estimate of drug-likeness (QED) is 0.707. The van der Waals surface area contributed by atoms with Gasteiger partial charge in [0.25, 0.3) is 5.91 Å². The van der Waals surface area contributed by atoms with Crippen LogP contribution >= 0.6 is 0 Å². The van der Waals surface area contributed by atoms with Gasteiger partial charge in [0.1, 0.15) is 5.69 Å². The molecule has 27 heavy (non-hydrogen) atoms. The fourth-order valence-electron chi connectivity index (χ4n) is 3.48. The van der Waals surface area contributed by atoms with Gasteiger partial charge in [-0.15, -0.1) is 0 Å². The minimum absolute atomic E-state index is 0.0325. The van der Waals surface area contributed by atoms with Gasteiger partial charge in [0.05, 0.1) is 35.6 Å². The molecule has 0 unspecified atom stereocenters. The minimum atomic E-state index is -0.355. The number of rotatable bonds is 3. The third kappa shape index (κ3) is 3.23. The molecule has 0 saturated carbocycles. The van der Waals surface area contributed by atoms with Gasteiger partial charge in [0.2, 0.25) is 0 Å². The number of morpholine rings is 1. The van der Waals surface area contributed by atoms with Crippen molar-refractivity contribution < 1.29 is 13.9 Å². The van der Waals surface area contributed by atoms with Crippen LogP contribution in [0.25, 0.3) is 22.5 Å². The van der Waals surface area contributed by atoms with E-state index in [1.165, 1.54) is 0 Å².